The van der Waals surface area contributed by atoms with Gasteiger partial charge in [0, 0.05) is 19.0 Å². The lowest BCUT2D eigenvalue weighted by Crippen LogP contribution is -2.26. The Hall–Kier alpha value is -1.36. The quantitative estimate of drug-likeness (QED) is 0.719. The summed E-state index contributed by atoms with van der Waals surface area (Å²) < 4.78 is 1.80. The van der Waals surface area contributed by atoms with Crippen molar-refractivity contribution in [2.45, 2.75) is 38.5 Å². The van der Waals surface area contributed by atoms with E-state index < -0.39 is 0 Å². The Morgan fingerprint density at radius 3 is 3.13 bits per heavy atom. The summed E-state index contributed by atoms with van der Waals surface area (Å²) in [6.07, 6.45) is 5.91. The maximum absolute atomic E-state index is 11.4. The molecule has 5 nitrogen and oxygen atoms in total. The largest absolute Gasteiger partial charge is 0.390 e. The first-order valence-corrected chi connectivity index (χ1v) is 5.19. The third kappa shape index (κ3) is 2.79. The fourth-order valence-electron chi connectivity index (χ4n) is 1.43. The zero-order valence-electron chi connectivity index (χ0n) is 8.52. The fourth-order valence-corrected chi connectivity index (χ4v) is 1.43. The second-order valence-electron chi connectivity index (χ2n) is 3.83. The molecule has 0 spiro atoms. The van der Waals surface area contributed by atoms with Crippen LogP contribution in [0, 0.1) is 0 Å². The molecule has 0 atom stereocenters. The molecule has 0 aromatic carbocycles. The standard InChI is InChI=1S/C10H15N3O2/c14-6-9-5-11-7-13(9)4-3-10(15)12-8-1-2-8/h5,7-8,14H,1-4,6H2,(H,12,15). The molecule has 2 rings (SSSR count). The van der Waals surface area contributed by atoms with Gasteiger partial charge >= 0.3 is 0 Å². The highest BCUT2D eigenvalue weighted by molar-refractivity contribution is 5.76. The minimum absolute atomic E-state index is 0.0375. The molecule has 1 aliphatic carbocycles. The summed E-state index contributed by atoms with van der Waals surface area (Å²) in [7, 11) is 0. The number of aliphatic hydroxyl groups is 1. The number of carbonyl (C=O) groups excluding carboxylic acids is 1. The van der Waals surface area contributed by atoms with Gasteiger partial charge in [-0.1, -0.05) is 0 Å². The number of aliphatic hydroxyl groups excluding tert-OH is 1. The summed E-state index contributed by atoms with van der Waals surface area (Å²) >= 11 is 0. The van der Waals surface area contributed by atoms with Gasteiger partial charge in [-0.25, -0.2) is 4.98 Å². The summed E-state index contributed by atoms with van der Waals surface area (Å²) in [5.41, 5.74) is 0.745. The molecule has 0 radical (unpaired) electrons. The smallest absolute Gasteiger partial charge is 0.222 e. The van der Waals surface area contributed by atoms with Crippen LogP contribution in [0.25, 0.3) is 0 Å². The summed E-state index contributed by atoms with van der Waals surface area (Å²) in [6, 6.07) is 0.414. The molecular formula is C10H15N3O2. The van der Waals surface area contributed by atoms with Crippen LogP contribution in [0.2, 0.25) is 0 Å². The third-order valence-corrected chi connectivity index (χ3v) is 2.48. The molecule has 1 saturated carbocycles. The maximum Gasteiger partial charge on any atom is 0.222 e. The second-order valence-corrected chi connectivity index (χ2v) is 3.83. The minimum Gasteiger partial charge on any atom is -0.390 e. The molecule has 0 aliphatic heterocycles. The van der Waals surface area contributed by atoms with Crippen LogP contribution in [0.1, 0.15) is 25.0 Å². The molecule has 1 fully saturated rings. The van der Waals surface area contributed by atoms with E-state index in [2.05, 4.69) is 10.3 Å². The lowest BCUT2D eigenvalue weighted by atomic mass is 10.3. The molecule has 0 saturated heterocycles. The number of aromatic nitrogens is 2. The number of nitrogens with one attached hydrogen (secondary N) is 1. The number of imidazole rings is 1. The van der Waals surface area contributed by atoms with Crippen molar-refractivity contribution >= 4 is 5.91 Å². The fraction of sp³-hybridized carbons (Fsp3) is 0.600. The molecule has 1 aliphatic rings. The number of aryl methyl sites for hydroxylation is 1. The highest BCUT2D eigenvalue weighted by atomic mass is 16.3. The topological polar surface area (TPSA) is 67.2 Å². The van der Waals surface area contributed by atoms with Crippen molar-refractivity contribution in [3.63, 3.8) is 0 Å². The summed E-state index contributed by atoms with van der Waals surface area (Å²) in [5.74, 6) is 0.0788. The zero-order valence-corrected chi connectivity index (χ0v) is 8.52. The first kappa shape index (κ1) is 10.2. The lowest BCUT2D eigenvalue weighted by molar-refractivity contribution is -0.121. The second kappa shape index (κ2) is 4.44. The van der Waals surface area contributed by atoms with Crippen LogP contribution in [0.3, 0.4) is 0 Å². The monoisotopic (exact) mass is 209 g/mol. The number of amides is 1. The van der Waals surface area contributed by atoms with E-state index in [0.717, 1.165) is 18.5 Å². The van der Waals surface area contributed by atoms with E-state index in [-0.39, 0.29) is 12.5 Å². The van der Waals surface area contributed by atoms with Crippen molar-refractivity contribution in [2.75, 3.05) is 0 Å². The molecule has 1 aromatic heterocycles. The van der Waals surface area contributed by atoms with E-state index in [0.29, 0.717) is 19.0 Å². The van der Waals surface area contributed by atoms with Crippen LogP contribution in [0.15, 0.2) is 12.5 Å². The number of hydrogen-bond acceptors (Lipinski definition) is 3. The maximum atomic E-state index is 11.4. The lowest BCUT2D eigenvalue weighted by Gasteiger charge is -2.06. The average Bonchev–Trinajstić information content (AvgIpc) is 2.92. The third-order valence-electron chi connectivity index (χ3n) is 2.48. The van der Waals surface area contributed by atoms with Gasteiger partial charge in [-0.2, -0.15) is 0 Å². The molecule has 82 valence electrons. The van der Waals surface area contributed by atoms with E-state index in [9.17, 15) is 4.79 Å². The minimum atomic E-state index is -0.0375. The SMILES string of the molecule is O=C(CCn1cncc1CO)NC1CC1. The highest BCUT2D eigenvalue weighted by Gasteiger charge is 2.22. The van der Waals surface area contributed by atoms with Gasteiger partial charge in [0.1, 0.15) is 0 Å². The molecule has 1 aromatic rings. The van der Waals surface area contributed by atoms with Gasteiger partial charge in [0.15, 0.2) is 0 Å². The van der Waals surface area contributed by atoms with Crippen molar-refractivity contribution in [3.05, 3.63) is 18.2 Å². The van der Waals surface area contributed by atoms with Gasteiger partial charge < -0.3 is 15.0 Å². The van der Waals surface area contributed by atoms with Crippen molar-refractivity contribution in [1.29, 1.82) is 0 Å². The molecule has 1 heterocycles. The predicted octanol–water partition coefficient (Wildman–Crippen LogP) is 0.0441. The van der Waals surface area contributed by atoms with Crippen LogP contribution >= 0.6 is 0 Å². The molecule has 1 amide bonds. The summed E-state index contributed by atoms with van der Waals surface area (Å²) in [4.78, 5) is 15.3. The summed E-state index contributed by atoms with van der Waals surface area (Å²) in [5, 5.41) is 11.9. The Morgan fingerprint density at radius 2 is 2.47 bits per heavy atom. The van der Waals surface area contributed by atoms with Gasteiger partial charge in [-0.05, 0) is 12.8 Å². The van der Waals surface area contributed by atoms with Gasteiger partial charge in [0.2, 0.25) is 5.91 Å². The number of hydrogen-bond donors (Lipinski definition) is 2. The van der Waals surface area contributed by atoms with Crippen LogP contribution < -0.4 is 5.32 Å². The van der Waals surface area contributed by atoms with E-state index in [1.54, 1.807) is 17.1 Å². The molecular weight excluding hydrogens is 194 g/mol. The van der Waals surface area contributed by atoms with Crippen LogP contribution in [-0.4, -0.2) is 26.6 Å². The Morgan fingerprint density at radius 1 is 1.67 bits per heavy atom. The van der Waals surface area contributed by atoms with Crippen molar-refractivity contribution in [1.82, 2.24) is 14.9 Å². The average molecular weight is 209 g/mol. The van der Waals surface area contributed by atoms with Crippen molar-refractivity contribution in [3.8, 4) is 0 Å². The Labute approximate surface area is 88.1 Å². The van der Waals surface area contributed by atoms with Gasteiger partial charge in [-0.15, -0.1) is 0 Å². The first-order chi connectivity index (χ1) is 7.29. The number of carbonyl (C=O) groups is 1. The highest BCUT2D eigenvalue weighted by Crippen LogP contribution is 2.18. The Balaban J connectivity index is 1.78. The van der Waals surface area contributed by atoms with Gasteiger partial charge in [0.05, 0.1) is 24.8 Å². The molecule has 0 unspecified atom stereocenters. The molecule has 0 bridgehead atoms. The van der Waals surface area contributed by atoms with Crippen LogP contribution in [-0.2, 0) is 17.9 Å². The summed E-state index contributed by atoms with van der Waals surface area (Å²) in [6.45, 7) is 0.540. The van der Waals surface area contributed by atoms with Gasteiger partial charge in [-0.3, -0.25) is 4.79 Å². The van der Waals surface area contributed by atoms with E-state index >= 15 is 0 Å². The number of rotatable bonds is 5. The zero-order chi connectivity index (χ0) is 10.7. The molecule has 2 N–H and O–H groups in total. The van der Waals surface area contributed by atoms with Crippen LogP contribution in [0.5, 0.6) is 0 Å². The van der Waals surface area contributed by atoms with Gasteiger partial charge in [0.25, 0.3) is 0 Å². The molecule has 5 heteroatoms. The Kier molecular flexibility index (Phi) is 3.01. The van der Waals surface area contributed by atoms with E-state index in [4.69, 9.17) is 5.11 Å². The van der Waals surface area contributed by atoms with Crippen molar-refractivity contribution < 1.29 is 9.90 Å². The molecule has 15 heavy (non-hydrogen) atoms. The first-order valence-electron chi connectivity index (χ1n) is 5.19. The van der Waals surface area contributed by atoms with E-state index in [1.165, 1.54) is 0 Å². The van der Waals surface area contributed by atoms with E-state index in [1.807, 2.05) is 0 Å². The van der Waals surface area contributed by atoms with Crippen LogP contribution in [0.4, 0.5) is 0 Å². The Bertz CT molecular complexity index is 344. The number of nitrogens with zero attached hydrogens (tertiary/aromatic N) is 2. The normalized spacial score (nSPS) is 15.3. The van der Waals surface area contributed by atoms with Crippen molar-refractivity contribution in [2.24, 2.45) is 0 Å². The predicted molar refractivity (Wildman–Crippen MR) is 53.9 cm³/mol.